The number of aromatic nitrogens is 3. The molecule has 2 aromatic heterocycles. The van der Waals surface area contributed by atoms with Gasteiger partial charge in [-0.15, -0.1) is 0 Å². The molecular formula is C20H22N4O2. The van der Waals surface area contributed by atoms with E-state index in [4.69, 9.17) is 0 Å². The van der Waals surface area contributed by atoms with E-state index >= 15 is 0 Å². The Labute approximate surface area is 152 Å². The lowest BCUT2D eigenvalue weighted by Gasteiger charge is -2.10. The van der Waals surface area contributed by atoms with Crippen LogP contribution in [-0.4, -0.2) is 20.3 Å². The van der Waals surface area contributed by atoms with Crippen molar-refractivity contribution in [1.82, 2.24) is 14.3 Å². The number of hydrogen-bond donors (Lipinski definition) is 1. The van der Waals surface area contributed by atoms with Crippen molar-refractivity contribution in [1.29, 1.82) is 0 Å². The van der Waals surface area contributed by atoms with Gasteiger partial charge in [-0.2, -0.15) is 5.10 Å². The molecule has 0 saturated carbocycles. The van der Waals surface area contributed by atoms with Crippen LogP contribution in [0.3, 0.4) is 0 Å². The SMILES string of the molecule is Cc1ccn(CCc2ccccc2)c(=O)c1C(=O)Nc1cc(C)n(C)n1. The zero-order valence-electron chi connectivity index (χ0n) is 15.2. The Morgan fingerprint density at radius 2 is 1.88 bits per heavy atom. The van der Waals surface area contributed by atoms with E-state index in [0.717, 1.165) is 17.7 Å². The van der Waals surface area contributed by atoms with Gasteiger partial charge < -0.3 is 9.88 Å². The average molecular weight is 350 g/mol. The van der Waals surface area contributed by atoms with Crippen LogP contribution in [0.25, 0.3) is 0 Å². The molecule has 0 radical (unpaired) electrons. The summed E-state index contributed by atoms with van der Waals surface area (Å²) in [6.07, 6.45) is 2.46. The summed E-state index contributed by atoms with van der Waals surface area (Å²) < 4.78 is 3.25. The van der Waals surface area contributed by atoms with Crippen LogP contribution in [-0.2, 0) is 20.0 Å². The third kappa shape index (κ3) is 3.74. The maximum absolute atomic E-state index is 12.8. The van der Waals surface area contributed by atoms with Gasteiger partial charge in [0.15, 0.2) is 5.82 Å². The molecular weight excluding hydrogens is 328 g/mol. The Hall–Kier alpha value is -3.15. The first-order chi connectivity index (χ1) is 12.5. The molecule has 0 fully saturated rings. The minimum absolute atomic E-state index is 0.156. The number of nitrogens with one attached hydrogen (secondary N) is 1. The van der Waals surface area contributed by atoms with E-state index in [0.29, 0.717) is 17.9 Å². The van der Waals surface area contributed by atoms with Crippen molar-refractivity contribution in [2.24, 2.45) is 7.05 Å². The van der Waals surface area contributed by atoms with Crippen LogP contribution in [0.5, 0.6) is 0 Å². The van der Waals surface area contributed by atoms with Gasteiger partial charge in [-0.1, -0.05) is 30.3 Å². The Kier molecular flexibility index (Phi) is 5.02. The van der Waals surface area contributed by atoms with Gasteiger partial charge in [-0.25, -0.2) is 0 Å². The summed E-state index contributed by atoms with van der Waals surface area (Å²) in [6, 6.07) is 13.5. The third-order valence-electron chi connectivity index (χ3n) is 4.44. The van der Waals surface area contributed by atoms with E-state index in [-0.39, 0.29) is 11.1 Å². The number of benzene rings is 1. The summed E-state index contributed by atoms with van der Waals surface area (Å²) >= 11 is 0. The smallest absolute Gasteiger partial charge is 0.263 e. The minimum Gasteiger partial charge on any atom is -0.315 e. The highest BCUT2D eigenvalue weighted by atomic mass is 16.2. The molecule has 2 heterocycles. The van der Waals surface area contributed by atoms with Crippen LogP contribution in [0.2, 0.25) is 0 Å². The number of amides is 1. The Morgan fingerprint density at radius 1 is 1.15 bits per heavy atom. The first-order valence-corrected chi connectivity index (χ1v) is 8.51. The normalized spacial score (nSPS) is 10.7. The van der Waals surface area contributed by atoms with Gasteiger partial charge >= 0.3 is 0 Å². The Bertz CT molecular complexity index is 967. The molecule has 6 heteroatoms. The fourth-order valence-electron chi connectivity index (χ4n) is 2.81. The molecule has 1 amide bonds. The predicted octanol–water partition coefficient (Wildman–Crippen LogP) is 2.69. The first-order valence-electron chi connectivity index (χ1n) is 8.51. The molecule has 1 aromatic carbocycles. The first kappa shape index (κ1) is 17.7. The monoisotopic (exact) mass is 350 g/mol. The van der Waals surface area contributed by atoms with E-state index < -0.39 is 5.91 Å². The zero-order valence-corrected chi connectivity index (χ0v) is 15.2. The van der Waals surface area contributed by atoms with Gasteiger partial charge in [-0.05, 0) is 37.5 Å². The second kappa shape index (κ2) is 7.39. The number of anilines is 1. The molecule has 0 aliphatic rings. The number of rotatable bonds is 5. The Morgan fingerprint density at radius 3 is 2.54 bits per heavy atom. The highest BCUT2D eigenvalue weighted by molar-refractivity contribution is 6.04. The summed E-state index contributed by atoms with van der Waals surface area (Å²) in [7, 11) is 1.80. The fraction of sp³-hybridized carbons (Fsp3) is 0.250. The number of pyridine rings is 1. The summed E-state index contributed by atoms with van der Waals surface area (Å²) in [5, 5.41) is 6.93. The standard InChI is InChI=1S/C20H22N4O2/c1-14-9-11-24(12-10-16-7-5-4-6-8-16)20(26)18(14)19(25)21-17-13-15(2)23(3)22-17/h4-9,11,13H,10,12H2,1-3H3,(H,21,22,25). The van der Waals surface area contributed by atoms with Crippen molar-refractivity contribution in [3.63, 3.8) is 0 Å². The topological polar surface area (TPSA) is 68.9 Å². The van der Waals surface area contributed by atoms with E-state index in [1.807, 2.05) is 37.3 Å². The third-order valence-corrected chi connectivity index (χ3v) is 4.44. The highest BCUT2D eigenvalue weighted by Crippen LogP contribution is 2.10. The summed E-state index contributed by atoms with van der Waals surface area (Å²) in [4.78, 5) is 25.4. The van der Waals surface area contributed by atoms with Crippen molar-refractivity contribution in [2.45, 2.75) is 26.8 Å². The lowest BCUT2D eigenvalue weighted by molar-refractivity contribution is 0.102. The lowest BCUT2D eigenvalue weighted by Crippen LogP contribution is -2.30. The van der Waals surface area contributed by atoms with E-state index in [1.165, 1.54) is 0 Å². The highest BCUT2D eigenvalue weighted by Gasteiger charge is 2.17. The summed E-state index contributed by atoms with van der Waals surface area (Å²) in [5.74, 6) is 0.00755. The van der Waals surface area contributed by atoms with Gasteiger partial charge in [0.25, 0.3) is 11.5 Å². The van der Waals surface area contributed by atoms with Crippen LogP contribution in [0.15, 0.2) is 53.5 Å². The molecule has 26 heavy (non-hydrogen) atoms. The number of hydrogen-bond acceptors (Lipinski definition) is 3. The maximum atomic E-state index is 12.8. The van der Waals surface area contributed by atoms with Crippen molar-refractivity contribution in [3.05, 3.63) is 81.4 Å². The van der Waals surface area contributed by atoms with Crippen molar-refractivity contribution in [3.8, 4) is 0 Å². The van der Waals surface area contributed by atoms with Gasteiger partial charge in [-0.3, -0.25) is 14.3 Å². The molecule has 0 spiro atoms. The fourth-order valence-corrected chi connectivity index (χ4v) is 2.81. The zero-order chi connectivity index (χ0) is 18.7. The van der Waals surface area contributed by atoms with Crippen LogP contribution < -0.4 is 10.9 Å². The van der Waals surface area contributed by atoms with Crippen molar-refractivity contribution >= 4 is 11.7 Å². The summed E-state index contributed by atoms with van der Waals surface area (Å²) in [5.41, 5.74) is 2.59. The second-order valence-electron chi connectivity index (χ2n) is 6.36. The molecule has 6 nitrogen and oxygen atoms in total. The van der Waals surface area contributed by atoms with E-state index in [9.17, 15) is 9.59 Å². The van der Waals surface area contributed by atoms with Crippen LogP contribution >= 0.6 is 0 Å². The molecule has 1 N–H and O–H groups in total. The number of aryl methyl sites for hydroxylation is 5. The van der Waals surface area contributed by atoms with Gasteiger partial charge in [0, 0.05) is 31.5 Å². The molecule has 0 aliphatic heterocycles. The average Bonchev–Trinajstić information content (AvgIpc) is 2.92. The molecule has 0 saturated heterocycles. The number of nitrogens with zero attached hydrogens (tertiary/aromatic N) is 3. The molecule has 3 rings (SSSR count). The lowest BCUT2D eigenvalue weighted by atomic mass is 10.1. The summed E-state index contributed by atoms with van der Waals surface area (Å²) in [6.45, 7) is 4.18. The van der Waals surface area contributed by atoms with Gasteiger partial charge in [0.1, 0.15) is 5.56 Å². The van der Waals surface area contributed by atoms with Crippen molar-refractivity contribution in [2.75, 3.05) is 5.32 Å². The second-order valence-corrected chi connectivity index (χ2v) is 6.36. The predicted molar refractivity (Wildman–Crippen MR) is 101 cm³/mol. The van der Waals surface area contributed by atoms with Crippen LogP contribution in [0.1, 0.15) is 27.2 Å². The van der Waals surface area contributed by atoms with Crippen molar-refractivity contribution < 1.29 is 4.79 Å². The van der Waals surface area contributed by atoms with Crippen LogP contribution in [0.4, 0.5) is 5.82 Å². The van der Waals surface area contributed by atoms with Gasteiger partial charge in [0.05, 0.1) is 0 Å². The van der Waals surface area contributed by atoms with E-state index in [2.05, 4.69) is 10.4 Å². The maximum Gasteiger partial charge on any atom is 0.263 e. The number of carbonyl (C=O) groups excluding carboxylic acids is 1. The van der Waals surface area contributed by atoms with Crippen LogP contribution in [0, 0.1) is 13.8 Å². The molecule has 0 aliphatic carbocycles. The number of carbonyl (C=O) groups is 1. The molecule has 0 unspecified atom stereocenters. The molecule has 0 bridgehead atoms. The Balaban J connectivity index is 1.82. The molecule has 134 valence electrons. The quantitative estimate of drug-likeness (QED) is 0.769. The van der Waals surface area contributed by atoms with Gasteiger partial charge in [0.2, 0.25) is 0 Å². The minimum atomic E-state index is -0.431. The van der Waals surface area contributed by atoms with E-state index in [1.54, 1.807) is 41.5 Å². The largest absolute Gasteiger partial charge is 0.315 e. The molecule has 0 atom stereocenters. The molecule has 3 aromatic rings.